The largest absolute Gasteiger partial charge is 0.462 e. The highest BCUT2D eigenvalue weighted by Gasteiger charge is 2.19. The van der Waals surface area contributed by atoms with Gasteiger partial charge in [-0.25, -0.2) is 4.79 Å². The predicted octanol–water partition coefficient (Wildman–Crippen LogP) is 2.62. The third kappa shape index (κ3) is 4.04. The van der Waals surface area contributed by atoms with Crippen molar-refractivity contribution in [3.8, 4) is 0 Å². The zero-order valence-electron chi connectivity index (χ0n) is 10.1. The molecule has 1 aromatic rings. The maximum Gasteiger partial charge on any atom is 0.336 e. The van der Waals surface area contributed by atoms with Crippen molar-refractivity contribution in [3.05, 3.63) is 48.0 Å². The van der Waals surface area contributed by atoms with Gasteiger partial charge in [0.1, 0.15) is 6.10 Å². The smallest absolute Gasteiger partial charge is 0.336 e. The second kappa shape index (κ2) is 6.86. The highest BCUT2D eigenvalue weighted by Crippen LogP contribution is 2.20. The standard InChI is InChI=1S/C14H18O3/c1-3-4-10-17-14(16)11(2)13(15)12-8-6-5-7-9-12/h5-9,13,15H,2-4,10H2,1H3. The molecule has 0 aliphatic rings. The molecule has 17 heavy (non-hydrogen) atoms. The van der Waals surface area contributed by atoms with Crippen molar-refractivity contribution in [2.75, 3.05) is 6.61 Å². The SMILES string of the molecule is C=C(C(=O)OCCCC)C(O)c1ccccc1. The second-order valence-electron chi connectivity index (χ2n) is 3.83. The van der Waals surface area contributed by atoms with Crippen LogP contribution in [0.4, 0.5) is 0 Å². The van der Waals surface area contributed by atoms with Crippen LogP contribution in [0.5, 0.6) is 0 Å². The van der Waals surface area contributed by atoms with Gasteiger partial charge in [0, 0.05) is 0 Å². The first-order chi connectivity index (χ1) is 8.16. The fourth-order valence-electron chi connectivity index (χ4n) is 1.35. The van der Waals surface area contributed by atoms with E-state index >= 15 is 0 Å². The van der Waals surface area contributed by atoms with Gasteiger partial charge in [-0.05, 0) is 12.0 Å². The first kappa shape index (κ1) is 13.5. The molecule has 0 heterocycles. The third-order valence-corrected chi connectivity index (χ3v) is 2.44. The van der Waals surface area contributed by atoms with E-state index in [9.17, 15) is 9.90 Å². The molecular formula is C14H18O3. The molecule has 1 unspecified atom stereocenters. The fraction of sp³-hybridized carbons (Fsp3) is 0.357. The molecular weight excluding hydrogens is 216 g/mol. The molecule has 0 radical (unpaired) electrons. The number of carbonyl (C=O) groups is 1. The van der Waals surface area contributed by atoms with Crippen molar-refractivity contribution < 1.29 is 14.6 Å². The van der Waals surface area contributed by atoms with E-state index in [0.717, 1.165) is 12.8 Å². The Morgan fingerprint density at radius 2 is 2.06 bits per heavy atom. The topological polar surface area (TPSA) is 46.5 Å². The Bertz CT molecular complexity index is 370. The van der Waals surface area contributed by atoms with Crippen LogP contribution < -0.4 is 0 Å². The molecule has 1 aromatic carbocycles. The summed E-state index contributed by atoms with van der Waals surface area (Å²) in [5, 5.41) is 9.92. The molecule has 1 N–H and O–H groups in total. The lowest BCUT2D eigenvalue weighted by atomic mass is 10.0. The number of carbonyl (C=O) groups excluding carboxylic acids is 1. The van der Waals surface area contributed by atoms with E-state index in [4.69, 9.17) is 4.74 Å². The van der Waals surface area contributed by atoms with Crippen LogP contribution in [-0.4, -0.2) is 17.7 Å². The maximum absolute atomic E-state index is 11.6. The van der Waals surface area contributed by atoms with Crippen LogP contribution in [0.1, 0.15) is 31.4 Å². The average molecular weight is 234 g/mol. The van der Waals surface area contributed by atoms with E-state index in [1.165, 1.54) is 0 Å². The van der Waals surface area contributed by atoms with Crippen LogP contribution in [-0.2, 0) is 9.53 Å². The van der Waals surface area contributed by atoms with Gasteiger partial charge in [-0.1, -0.05) is 50.3 Å². The van der Waals surface area contributed by atoms with Crippen molar-refractivity contribution in [1.82, 2.24) is 0 Å². The van der Waals surface area contributed by atoms with E-state index in [2.05, 4.69) is 6.58 Å². The molecule has 1 atom stereocenters. The molecule has 3 heteroatoms. The number of rotatable bonds is 6. The minimum Gasteiger partial charge on any atom is -0.462 e. The zero-order valence-corrected chi connectivity index (χ0v) is 10.1. The summed E-state index contributed by atoms with van der Waals surface area (Å²) in [6, 6.07) is 8.94. The quantitative estimate of drug-likeness (QED) is 0.467. The minimum atomic E-state index is -0.995. The van der Waals surface area contributed by atoms with Crippen LogP contribution >= 0.6 is 0 Å². The summed E-state index contributed by atoms with van der Waals surface area (Å²) in [5.41, 5.74) is 0.720. The first-order valence-electron chi connectivity index (χ1n) is 5.75. The molecule has 0 spiro atoms. The molecule has 92 valence electrons. The van der Waals surface area contributed by atoms with Gasteiger partial charge >= 0.3 is 5.97 Å². The lowest BCUT2D eigenvalue weighted by molar-refractivity contribution is -0.140. The average Bonchev–Trinajstić information content (AvgIpc) is 2.38. The number of hydrogen-bond donors (Lipinski definition) is 1. The molecule has 0 amide bonds. The number of hydrogen-bond acceptors (Lipinski definition) is 3. The molecule has 0 saturated heterocycles. The number of ether oxygens (including phenoxy) is 1. The Hall–Kier alpha value is -1.61. The Balaban J connectivity index is 2.55. The van der Waals surface area contributed by atoms with Crippen LogP contribution in [0.25, 0.3) is 0 Å². The van der Waals surface area contributed by atoms with Crippen LogP contribution in [0.2, 0.25) is 0 Å². The van der Waals surface area contributed by atoms with Crippen LogP contribution in [0, 0.1) is 0 Å². The molecule has 0 fully saturated rings. The van der Waals surface area contributed by atoms with Crippen LogP contribution in [0.15, 0.2) is 42.5 Å². The van der Waals surface area contributed by atoms with Crippen molar-refractivity contribution in [2.45, 2.75) is 25.9 Å². The van der Waals surface area contributed by atoms with Crippen molar-refractivity contribution in [1.29, 1.82) is 0 Å². The monoisotopic (exact) mass is 234 g/mol. The Morgan fingerprint density at radius 1 is 1.41 bits per heavy atom. The third-order valence-electron chi connectivity index (χ3n) is 2.44. The number of aliphatic hydroxyl groups is 1. The van der Waals surface area contributed by atoms with E-state index in [-0.39, 0.29) is 5.57 Å². The summed E-state index contributed by atoms with van der Waals surface area (Å²) < 4.78 is 4.99. The maximum atomic E-state index is 11.6. The molecule has 0 aliphatic heterocycles. The number of aliphatic hydroxyl groups excluding tert-OH is 1. The summed E-state index contributed by atoms with van der Waals surface area (Å²) in [6.07, 6.45) is 0.784. The van der Waals surface area contributed by atoms with E-state index in [1.54, 1.807) is 24.3 Å². The lowest BCUT2D eigenvalue weighted by Gasteiger charge is -2.13. The predicted molar refractivity (Wildman–Crippen MR) is 66.4 cm³/mol. The molecule has 0 saturated carbocycles. The van der Waals surface area contributed by atoms with Gasteiger partial charge in [0.15, 0.2) is 0 Å². The highest BCUT2D eigenvalue weighted by atomic mass is 16.5. The summed E-state index contributed by atoms with van der Waals surface area (Å²) in [5.74, 6) is -0.533. The van der Waals surface area contributed by atoms with E-state index in [1.807, 2.05) is 13.0 Å². The zero-order chi connectivity index (χ0) is 12.7. The molecule has 0 aromatic heterocycles. The van der Waals surface area contributed by atoms with Gasteiger partial charge < -0.3 is 9.84 Å². The highest BCUT2D eigenvalue weighted by molar-refractivity contribution is 5.89. The van der Waals surface area contributed by atoms with Gasteiger partial charge in [-0.2, -0.15) is 0 Å². The summed E-state index contributed by atoms with van der Waals surface area (Å²) in [6.45, 7) is 5.97. The van der Waals surface area contributed by atoms with E-state index in [0.29, 0.717) is 12.2 Å². The van der Waals surface area contributed by atoms with Crippen molar-refractivity contribution >= 4 is 5.97 Å². The normalized spacial score (nSPS) is 11.9. The summed E-state index contributed by atoms with van der Waals surface area (Å²) in [7, 11) is 0. The molecule has 0 bridgehead atoms. The fourth-order valence-corrected chi connectivity index (χ4v) is 1.35. The first-order valence-corrected chi connectivity index (χ1v) is 5.75. The molecule has 3 nitrogen and oxygen atoms in total. The number of benzene rings is 1. The van der Waals surface area contributed by atoms with E-state index < -0.39 is 12.1 Å². The van der Waals surface area contributed by atoms with Gasteiger partial charge in [0.2, 0.25) is 0 Å². The lowest BCUT2D eigenvalue weighted by Crippen LogP contribution is -2.14. The van der Waals surface area contributed by atoms with Gasteiger partial charge in [0.05, 0.1) is 12.2 Å². The van der Waals surface area contributed by atoms with Crippen molar-refractivity contribution in [3.63, 3.8) is 0 Å². The van der Waals surface area contributed by atoms with Crippen molar-refractivity contribution in [2.24, 2.45) is 0 Å². The number of esters is 1. The van der Waals surface area contributed by atoms with Crippen LogP contribution in [0.3, 0.4) is 0 Å². The van der Waals surface area contributed by atoms with Gasteiger partial charge in [-0.3, -0.25) is 0 Å². The molecule has 0 aliphatic carbocycles. The summed E-state index contributed by atoms with van der Waals surface area (Å²) >= 11 is 0. The Labute approximate surface area is 102 Å². The van der Waals surface area contributed by atoms with Gasteiger partial charge in [0.25, 0.3) is 0 Å². The molecule has 1 rings (SSSR count). The Kier molecular flexibility index (Phi) is 5.43. The summed E-state index contributed by atoms with van der Waals surface area (Å²) in [4.78, 5) is 11.6. The second-order valence-corrected chi connectivity index (χ2v) is 3.83. The Morgan fingerprint density at radius 3 is 2.65 bits per heavy atom. The minimum absolute atomic E-state index is 0.0762. The number of unbranched alkanes of at least 4 members (excludes halogenated alkanes) is 1. The van der Waals surface area contributed by atoms with Gasteiger partial charge in [-0.15, -0.1) is 0 Å².